The Hall–Kier alpha value is -2.44. The Bertz CT molecular complexity index is 709. The van der Waals surface area contributed by atoms with Gasteiger partial charge >= 0.3 is 0 Å². The number of amides is 1. The summed E-state index contributed by atoms with van der Waals surface area (Å²) >= 11 is 0. The molecule has 1 saturated heterocycles. The van der Waals surface area contributed by atoms with Crippen molar-refractivity contribution in [3.8, 4) is 0 Å². The fourth-order valence-electron chi connectivity index (χ4n) is 3.26. The maximum absolute atomic E-state index is 12.3. The Balaban J connectivity index is 1.39. The second-order valence-corrected chi connectivity index (χ2v) is 7.28. The van der Waals surface area contributed by atoms with E-state index in [2.05, 4.69) is 63.4 Å². The van der Waals surface area contributed by atoms with Crippen LogP contribution in [0, 0.1) is 0 Å². The van der Waals surface area contributed by atoms with Crippen molar-refractivity contribution < 1.29 is 4.79 Å². The van der Waals surface area contributed by atoms with E-state index < -0.39 is 0 Å². The molecule has 1 fully saturated rings. The summed E-state index contributed by atoms with van der Waals surface area (Å²) in [5.41, 5.74) is 2.41. The molecule has 0 unspecified atom stereocenters. The first-order valence-electron chi connectivity index (χ1n) is 9.48. The lowest BCUT2D eigenvalue weighted by Gasteiger charge is -2.34. The molecule has 1 aromatic heterocycles. The standard InChI is InChI=1S/C21H29N5O/c1-24(2)16-19-8-6-18(7-9-19)15-23-21(27)17-25-11-13-26(14-12-25)20-5-3-4-10-22-20/h3-10H,11-17H2,1-2H3,(H,23,27). The van der Waals surface area contributed by atoms with Crippen molar-refractivity contribution >= 4 is 11.7 Å². The molecule has 0 bridgehead atoms. The second-order valence-electron chi connectivity index (χ2n) is 7.28. The molecule has 0 atom stereocenters. The number of piperazine rings is 1. The van der Waals surface area contributed by atoms with Crippen LogP contribution < -0.4 is 10.2 Å². The van der Waals surface area contributed by atoms with Crippen molar-refractivity contribution in [2.45, 2.75) is 13.1 Å². The number of pyridine rings is 1. The third kappa shape index (κ3) is 6.05. The number of nitrogens with one attached hydrogen (secondary N) is 1. The van der Waals surface area contributed by atoms with Gasteiger partial charge in [0.1, 0.15) is 5.82 Å². The van der Waals surface area contributed by atoms with Crippen molar-refractivity contribution in [2.24, 2.45) is 0 Å². The third-order valence-corrected chi connectivity index (χ3v) is 4.72. The topological polar surface area (TPSA) is 51.7 Å². The lowest BCUT2D eigenvalue weighted by Crippen LogP contribution is -2.49. The van der Waals surface area contributed by atoms with E-state index >= 15 is 0 Å². The van der Waals surface area contributed by atoms with Crippen LogP contribution in [0.2, 0.25) is 0 Å². The van der Waals surface area contributed by atoms with Gasteiger partial charge in [-0.15, -0.1) is 0 Å². The van der Waals surface area contributed by atoms with Crippen molar-refractivity contribution in [2.75, 3.05) is 51.7 Å². The number of aromatic nitrogens is 1. The molecule has 1 N–H and O–H groups in total. The van der Waals surface area contributed by atoms with Gasteiger partial charge in [-0.3, -0.25) is 9.69 Å². The van der Waals surface area contributed by atoms with Crippen LogP contribution in [0.5, 0.6) is 0 Å². The Morgan fingerprint density at radius 3 is 2.37 bits per heavy atom. The summed E-state index contributed by atoms with van der Waals surface area (Å²) in [4.78, 5) is 23.3. The molecule has 144 valence electrons. The van der Waals surface area contributed by atoms with E-state index in [1.807, 2.05) is 24.4 Å². The number of hydrogen-bond donors (Lipinski definition) is 1. The first-order valence-corrected chi connectivity index (χ1v) is 9.48. The highest BCUT2D eigenvalue weighted by Gasteiger charge is 2.19. The minimum absolute atomic E-state index is 0.0821. The number of benzene rings is 1. The van der Waals surface area contributed by atoms with Gasteiger partial charge in [0.25, 0.3) is 0 Å². The van der Waals surface area contributed by atoms with Gasteiger partial charge in [-0.05, 0) is 37.4 Å². The van der Waals surface area contributed by atoms with E-state index in [9.17, 15) is 4.79 Å². The van der Waals surface area contributed by atoms with Gasteiger partial charge in [-0.1, -0.05) is 30.3 Å². The van der Waals surface area contributed by atoms with Crippen LogP contribution in [-0.4, -0.2) is 67.5 Å². The summed E-state index contributed by atoms with van der Waals surface area (Å²) in [6, 6.07) is 14.4. The molecule has 6 heteroatoms. The predicted molar refractivity (Wildman–Crippen MR) is 109 cm³/mol. The van der Waals surface area contributed by atoms with E-state index in [-0.39, 0.29) is 5.91 Å². The Morgan fingerprint density at radius 1 is 1.04 bits per heavy atom. The second kappa shape index (κ2) is 9.48. The van der Waals surface area contributed by atoms with E-state index in [4.69, 9.17) is 0 Å². The number of carbonyl (C=O) groups is 1. The number of hydrogen-bond acceptors (Lipinski definition) is 5. The molecular formula is C21H29N5O. The van der Waals surface area contributed by atoms with Gasteiger partial charge < -0.3 is 15.1 Å². The lowest BCUT2D eigenvalue weighted by atomic mass is 10.1. The highest BCUT2D eigenvalue weighted by molar-refractivity contribution is 5.78. The molecule has 27 heavy (non-hydrogen) atoms. The normalized spacial score (nSPS) is 15.1. The van der Waals surface area contributed by atoms with Crippen LogP contribution in [0.4, 0.5) is 5.82 Å². The monoisotopic (exact) mass is 367 g/mol. The van der Waals surface area contributed by atoms with Gasteiger partial charge in [0.05, 0.1) is 6.54 Å². The third-order valence-electron chi connectivity index (χ3n) is 4.72. The molecule has 3 rings (SSSR count). The predicted octanol–water partition coefficient (Wildman–Crippen LogP) is 1.58. The first kappa shape index (κ1) is 19.3. The van der Waals surface area contributed by atoms with Crippen molar-refractivity contribution in [3.05, 3.63) is 59.8 Å². The zero-order valence-electron chi connectivity index (χ0n) is 16.3. The molecule has 0 saturated carbocycles. The van der Waals surface area contributed by atoms with Crippen LogP contribution in [0.15, 0.2) is 48.7 Å². The van der Waals surface area contributed by atoms with Crippen LogP contribution >= 0.6 is 0 Å². The van der Waals surface area contributed by atoms with Crippen molar-refractivity contribution in [3.63, 3.8) is 0 Å². The average molecular weight is 367 g/mol. The molecule has 0 aliphatic carbocycles. The molecule has 1 amide bonds. The van der Waals surface area contributed by atoms with Crippen LogP contribution in [0.25, 0.3) is 0 Å². The fourth-order valence-corrected chi connectivity index (χ4v) is 3.26. The summed E-state index contributed by atoms with van der Waals surface area (Å²) in [6.45, 7) is 5.52. The number of anilines is 1. The largest absolute Gasteiger partial charge is 0.354 e. The highest BCUT2D eigenvalue weighted by atomic mass is 16.2. The minimum Gasteiger partial charge on any atom is -0.354 e. The molecule has 2 heterocycles. The Morgan fingerprint density at radius 2 is 1.74 bits per heavy atom. The molecule has 2 aromatic rings. The van der Waals surface area contributed by atoms with Gasteiger partial charge in [0.2, 0.25) is 5.91 Å². The summed E-state index contributed by atoms with van der Waals surface area (Å²) in [5, 5.41) is 3.03. The number of nitrogens with zero attached hydrogens (tertiary/aromatic N) is 4. The summed E-state index contributed by atoms with van der Waals surface area (Å²) in [6.07, 6.45) is 1.82. The van der Waals surface area contributed by atoms with Gasteiger partial charge in [-0.25, -0.2) is 4.98 Å². The number of carbonyl (C=O) groups excluding carboxylic acids is 1. The van der Waals surface area contributed by atoms with E-state index in [0.717, 1.165) is 44.1 Å². The molecular weight excluding hydrogens is 338 g/mol. The molecule has 1 aliphatic rings. The number of rotatable bonds is 7. The maximum atomic E-state index is 12.3. The summed E-state index contributed by atoms with van der Waals surface area (Å²) < 4.78 is 0. The first-order chi connectivity index (χ1) is 13.1. The summed E-state index contributed by atoms with van der Waals surface area (Å²) in [5.74, 6) is 1.10. The zero-order valence-corrected chi connectivity index (χ0v) is 16.3. The van der Waals surface area contributed by atoms with Crippen LogP contribution in [-0.2, 0) is 17.9 Å². The van der Waals surface area contributed by atoms with E-state index in [0.29, 0.717) is 13.1 Å². The Kier molecular flexibility index (Phi) is 6.79. The van der Waals surface area contributed by atoms with Gasteiger partial charge in [0, 0.05) is 45.5 Å². The molecule has 0 spiro atoms. The molecule has 1 aromatic carbocycles. The smallest absolute Gasteiger partial charge is 0.234 e. The quantitative estimate of drug-likeness (QED) is 0.805. The maximum Gasteiger partial charge on any atom is 0.234 e. The van der Waals surface area contributed by atoms with Gasteiger partial charge in [-0.2, -0.15) is 0 Å². The fraction of sp³-hybridized carbons (Fsp3) is 0.429. The lowest BCUT2D eigenvalue weighted by molar-refractivity contribution is -0.122. The zero-order chi connectivity index (χ0) is 19.1. The SMILES string of the molecule is CN(C)Cc1ccc(CNC(=O)CN2CCN(c3ccccn3)CC2)cc1. The van der Waals surface area contributed by atoms with Crippen molar-refractivity contribution in [1.29, 1.82) is 0 Å². The molecule has 0 radical (unpaired) electrons. The highest BCUT2D eigenvalue weighted by Crippen LogP contribution is 2.12. The van der Waals surface area contributed by atoms with Crippen LogP contribution in [0.3, 0.4) is 0 Å². The minimum atomic E-state index is 0.0821. The Labute approximate surface area is 161 Å². The van der Waals surface area contributed by atoms with Crippen molar-refractivity contribution in [1.82, 2.24) is 20.1 Å². The van der Waals surface area contributed by atoms with E-state index in [1.54, 1.807) is 0 Å². The average Bonchev–Trinajstić information content (AvgIpc) is 2.68. The molecule has 1 aliphatic heterocycles. The van der Waals surface area contributed by atoms with Crippen LogP contribution in [0.1, 0.15) is 11.1 Å². The molecule has 6 nitrogen and oxygen atoms in total. The van der Waals surface area contributed by atoms with Gasteiger partial charge in [0.15, 0.2) is 0 Å². The summed E-state index contributed by atoms with van der Waals surface area (Å²) in [7, 11) is 4.12. The van der Waals surface area contributed by atoms with E-state index in [1.165, 1.54) is 5.56 Å².